The monoisotopic (exact) mass is 395 g/mol. The van der Waals surface area contributed by atoms with Gasteiger partial charge in [0.2, 0.25) is 10.0 Å². The summed E-state index contributed by atoms with van der Waals surface area (Å²) in [5.41, 5.74) is 0. The van der Waals surface area contributed by atoms with Gasteiger partial charge in [0.05, 0.1) is 32.8 Å². The lowest BCUT2D eigenvalue weighted by molar-refractivity contribution is 0.194. The van der Waals surface area contributed by atoms with E-state index in [0.717, 1.165) is 0 Å². The van der Waals surface area contributed by atoms with Crippen molar-refractivity contribution in [2.45, 2.75) is 17.4 Å². The van der Waals surface area contributed by atoms with E-state index in [1.165, 1.54) is 50.2 Å². The molecule has 0 spiro atoms. The smallest absolute Gasteiger partial charge is 0.278 e. The second kappa shape index (κ2) is 7.97. The Morgan fingerprint density at radius 3 is 2.37 bits per heavy atom. The fourth-order valence-electron chi connectivity index (χ4n) is 2.83. The number of ether oxygens (including phenoxy) is 4. The molecular weight excluding hydrogens is 374 g/mol. The molecule has 1 aliphatic rings. The van der Waals surface area contributed by atoms with Gasteiger partial charge < -0.3 is 18.9 Å². The molecule has 2 aromatic rings. The summed E-state index contributed by atoms with van der Waals surface area (Å²) in [4.78, 5) is 8.25. The highest BCUT2D eigenvalue weighted by molar-refractivity contribution is 7.89. The number of sulfonamides is 1. The van der Waals surface area contributed by atoms with Crippen LogP contribution in [0.3, 0.4) is 0 Å². The van der Waals surface area contributed by atoms with Crippen molar-refractivity contribution in [3.05, 3.63) is 30.6 Å². The van der Waals surface area contributed by atoms with Gasteiger partial charge in [0, 0.05) is 25.0 Å². The topological polar surface area (TPSA) is 100 Å². The van der Waals surface area contributed by atoms with E-state index in [1.54, 1.807) is 6.07 Å². The zero-order chi connectivity index (χ0) is 19.4. The first-order chi connectivity index (χ1) is 13.0. The summed E-state index contributed by atoms with van der Waals surface area (Å²) in [5.74, 6) is 1.33. The Kier molecular flexibility index (Phi) is 5.66. The molecule has 0 unspecified atom stereocenters. The van der Waals surface area contributed by atoms with Crippen LogP contribution in [0.25, 0.3) is 0 Å². The normalized spacial score (nSPS) is 17.5. The van der Waals surface area contributed by atoms with E-state index in [1.807, 2.05) is 0 Å². The van der Waals surface area contributed by atoms with Crippen molar-refractivity contribution in [2.75, 3.05) is 34.4 Å². The van der Waals surface area contributed by atoms with Crippen molar-refractivity contribution in [1.29, 1.82) is 0 Å². The predicted octanol–water partition coefficient (Wildman–Crippen LogP) is 1.34. The van der Waals surface area contributed by atoms with Crippen molar-refractivity contribution < 1.29 is 27.4 Å². The van der Waals surface area contributed by atoms with Gasteiger partial charge >= 0.3 is 0 Å². The number of aromatic nitrogens is 2. The quantitative estimate of drug-likeness (QED) is 0.693. The van der Waals surface area contributed by atoms with Gasteiger partial charge in [-0.15, -0.1) is 0 Å². The molecule has 27 heavy (non-hydrogen) atoms. The van der Waals surface area contributed by atoms with Crippen LogP contribution in [0.5, 0.6) is 23.3 Å². The molecule has 1 aromatic heterocycles. The van der Waals surface area contributed by atoms with E-state index < -0.39 is 10.0 Å². The molecule has 0 aliphatic carbocycles. The Balaban J connectivity index is 1.76. The molecule has 1 aliphatic heterocycles. The van der Waals surface area contributed by atoms with Gasteiger partial charge in [-0.1, -0.05) is 0 Å². The summed E-state index contributed by atoms with van der Waals surface area (Å²) >= 11 is 0. The van der Waals surface area contributed by atoms with Gasteiger partial charge in [-0.3, -0.25) is 0 Å². The summed E-state index contributed by atoms with van der Waals surface area (Å²) in [6, 6.07) is 4.52. The van der Waals surface area contributed by atoms with E-state index in [0.29, 0.717) is 24.5 Å². The fraction of sp³-hybridized carbons (Fsp3) is 0.412. The third-order valence-electron chi connectivity index (χ3n) is 4.21. The molecule has 1 saturated heterocycles. The minimum absolute atomic E-state index is 0.137. The lowest BCUT2D eigenvalue weighted by Crippen LogP contribution is -2.31. The number of rotatable bonds is 7. The van der Waals surface area contributed by atoms with Crippen molar-refractivity contribution in [2.24, 2.45) is 0 Å². The zero-order valence-electron chi connectivity index (χ0n) is 15.3. The van der Waals surface area contributed by atoms with Crippen LogP contribution in [0.2, 0.25) is 0 Å². The van der Waals surface area contributed by atoms with Gasteiger partial charge in [0.15, 0.2) is 11.5 Å². The minimum Gasteiger partial charge on any atom is -0.493 e. The van der Waals surface area contributed by atoms with Crippen LogP contribution in [0, 0.1) is 0 Å². The van der Waals surface area contributed by atoms with Crippen molar-refractivity contribution in [3.63, 3.8) is 0 Å². The van der Waals surface area contributed by atoms with Crippen LogP contribution in [0.4, 0.5) is 0 Å². The van der Waals surface area contributed by atoms with E-state index in [9.17, 15) is 8.42 Å². The first-order valence-electron chi connectivity index (χ1n) is 8.23. The second-order valence-corrected chi connectivity index (χ2v) is 7.72. The third-order valence-corrected chi connectivity index (χ3v) is 6.07. The third kappa shape index (κ3) is 3.91. The van der Waals surface area contributed by atoms with Gasteiger partial charge in [0.1, 0.15) is 6.10 Å². The molecular formula is C17H21N3O6S. The highest BCUT2D eigenvalue weighted by Gasteiger charge is 2.34. The molecule has 1 atom stereocenters. The molecule has 1 fully saturated rings. The van der Waals surface area contributed by atoms with Crippen LogP contribution in [0.15, 0.2) is 35.5 Å². The first-order valence-corrected chi connectivity index (χ1v) is 9.67. The average molecular weight is 395 g/mol. The largest absolute Gasteiger partial charge is 0.493 e. The number of hydrogen-bond donors (Lipinski definition) is 0. The molecule has 0 amide bonds. The van der Waals surface area contributed by atoms with E-state index >= 15 is 0 Å². The van der Waals surface area contributed by atoms with Crippen LogP contribution >= 0.6 is 0 Å². The van der Waals surface area contributed by atoms with Crippen LogP contribution in [-0.2, 0) is 10.0 Å². The van der Waals surface area contributed by atoms with E-state index in [2.05, 4.69) is 9.97 Å². The summed E-state index contributed by atoms with van der Waals surface area (Å²) in [5, 5.41) is 0. The maximum Gasteiger partial charge on any atom is 0.278 e. The first kappa shape index (κ1) is 19.2. The van der Waals surface area contributed by atoms with Gasteiger partial charge in [-0.2, -0.15) is 4.31 Å². The number of methoxy groups -OCH3 is 3. The SMILES string of the molecule is COc1ccc(S(=O)(=O)N2CC[C@H](Oc3nccnc3OC)C2)cc1OC. The van der Waals surface area contributed by atoms with Gasteiger partial charge in [-0.05, 0) is 18.6 Å². The highest BCUT2D eigenvalue weighted by atomic mass is 32.2. The zero-order valence-corrected chi connectivity index (χ0v) is 16.1. The molecule has 3 rings (SSSR count). The van der Waals surface area contributed by atoms with E-state index in [-0.39, 0.29) is 29.3 Å². The van der Waals surface area contributed by atoms with Crippen molar-refractivity contribution >= 4 is 10.0 Å². The Morgan fingerprint density at radius 2 is 1.70 bits per heavy atom. The summed E-state index contributed by atoms with van der Waals surface area (Å²) in [6.07, 6.45) is 3.18. The van der Waals surface area contributed by atoms with Crippen LogP contribution in [0.1, 0.15) is 6.42 Å². The van der Waals surface area contributed by atoms with E-state index in [4.69, 9.17) is 18.9 Å². The fourth-order valence-corrected chi connectivity index (χ4v) is 4.33. The van der Waals surface area contributed by atoms with Crippen molar-refractivity contribution in [1.82, 2.24) is 14.3 Å². The number of nitrogens with zero attached hydrogens (tertiary/aromatic N) is 3. The van der Waals surface area contributed by atoms with Crippen LogP contribution < -0.4 is 18.9 Å². The predicted molar refractivity (Wildman–Crippen MR) is 95.9 cm³/mol. The Hall–Kier alpha value is -2.59. The van der Waals surface area contributed by atoms with Crippen molar-refractivity contribution in [3.8, 4) is 23.3 Å². The second-order valence-electron chi connectivity index (χ2n) is 5.78. The number of benzene rings is 1. The maximum absolute atomic E-state index is 12.9. The summed E-state index contributed by atoms with van der Waals surface area (Å²) in [7, 11) is 0.741. The van der Waals surface area contributed by atoms with Gasteiger partial charge in [0.25, 0.3) is 11.8 Å². The minimum atomic E-state index is -3.69. The average Bonchev–Trinajstić information content (AvgIpc) is 3.17. The highest BCUT2D eigenvalue weighted by Crippen LogP contribution is 2.32. The summed E-state index contributed by atoms with van der Waals surface area (Å²) in [6.45, 7) is 0.542. The molecule has 0 radical (unpaired) electrons. The molecule has 9 nitrogen and oxygen atoms in total. The molecule has 0 saturated carbocycles. The molecule has 10 heteroatoms. The standard InChI is InChI=1S/C17H21N3O6S/c1-23-14-5-4-13(10-15(14)24-2)27(21,22)20-9-6-12(11-20)26-17-16(25-3)18-7-8-19-17/h4-5,7-8,10,12H,6,9,11H2,1-3H3/t12-/m0/s1. The molecule has 0 N–H and O–H groups in total. The molecule has 0 bridgehead atoms. The maximum atomic E-state index is 12.9. The molecule has 2 heterocycles. The lowest BCUT2D eigenvalue weighted by Gasteiger charge is -2.18. The van der Waals surface area contributed by atoms with Gasteiger partial charge in [-0.25, -0.2) is 18.4 Å². The lowest BCUT2D eigenvalue weighted by atomic mass is 10.3. The summed E-state index contributed by atoms with van der Waals surface area (Å²) < 4.78 is 48.5. The molecule has 146 valence electrons. The molecule has 1 aromatic carbocycles. The Bertz CT molecular complexity index is 905. The Morgan fingerprint density at radius 1 is 1.00 bits per heavy atom. The van der Waals surface area contributed by atoms with Crippen LogP contribution in [-0.4, -0.2) is 63.2 Å². The Labute approximate surface area is 157 Å². The number of hydrogen-bond acceptors (Lipinski definition) is 8.